The average Bonchev–Trinajstić information content (AvgIpc) is 2.27. The van der Waals surface area contributed by atoms with Gasteiger partial charge in [0.2, 0.25) is 5.91 Å². The molecular weight excluding hydrogens is 192 g/mol. The fourth-order valence-corrected chi connectivity index (χ4v) is 1.64. The minimum atomic E-state index is 0.0325. The monoisotopic (exact) mass is 212 g/mol. The van der Waals surface area contributed by atoms with Crippen LogP contribution in [0.3, 0.4) is 0 Å². The second-order valence-corrected chi connectivity index (χ2v) is 3.62. The molecule has 15 heavy (non-hydrogen) atoms. The van der Waals surface area contributed by atoms with Crippen molar-refractivity contribution in [1.82, 2.24) is 10.2 Å². The first kappa shape index (κ1) is 12.2. The van der Waals surface area contributed by atoms with Crippen LogP contribution in [0.5, 0.6) is 0 Å². The minimum absolute atomic E-state index is 0.0325. The number of hydrogen-bond acceptors (Lipinski definition) is 3. The largest absolute Gasteiger partial charge is 0.375 e. The average molecular weight is 212 g/mol. The van der Waals surface area contributed by atoms with Gasteiger partial charge in [0.1, 0.15) is 0 Å². The summed E-state index contributed by atoms with van der Waals surface area (Å²) in [5.74, 6) is 0.145. The van der Waals surface area contributed by atoms with Crippen molar-refractivity contribution in [3.8, 4) is 0 Å². The summed E-state index contributed by atoms with van der Waals surface area (Å²) in [6.07, 6.45) is 2.25. The van der Waals surface area contributed by atoms with E-state index in [0.717, 1.165) is 19.6 Å². The van der Waals surface area contributed by atoms with E-state index in [-0.39, 0.29) is 12.0 Å². The van der Waals surface area contributed by atoms with Crippen LogP contribution in [-0.2, 0) is 9.53 Å². The maximum Gasteiger partial charge on any atom is 0.225 e. The van der Waals surface area contributed by atoms with E-state index in [1.54, 1.807) is 11.0 Å². The van der Waals surface area contributed by atoms with Gasteiger partial charge in [-0.25, -0.2) is 0 Å². The summed E-state index contributed by atoms with van der Waals surface area (Å²) in [7, 11) is 0. The second-order valence-electron chi connectivity index (χ2n) is 3.62. The lowest BCUT2D eigenvalue weighted by atomic mass is 10.2. The summed E-state index contributed by atoms with van der Waals surface area (Å²) in [6.45, 7) is 9.32. The van der Waals surface area contributed by atoms with Gasteiger partial charge < -0.3 is 15.0 Å². The Morgan fingerprint density at radius 1 is 1.73 bits per heavy atom. The Labute approximate surface area is 91.3 Å². The van der Waals surface area contributed by atoms with E-state index in [9.17, 15) is 4.79 Å². The molecule has 0 saturated carbocycles. The molecule has 1 heterocycles. The van der Waals surface area contributed by atoms with Gasteiger partial charge in [0.25, 0.3) is 0 Å². The molecule has 0 aliphatic carbocycles. The number of morpholine rings is 1. The summed E-state index contributed by atoms with van der Waals surface area (Å²) in [5, 5.41) is 3.21. The molecule has 1 aliphatic rings. The van der Waals surface area contributed by atoms with E-state index < -0.39 is 0 Å². The molecule has 4 heteroatoms. The lowest BCUT2D eigenvalue weighted by Crippen LogP contribution is -2.42. The van der Waals surface area contributed by atoms with Crippen LogP contribution in [0.2, 0.25) is 0 Å². The van der Waals surface area contributed by atoms with E-state index in [0.29, 0.717) is 19.6 Å². The fraction of sp³-hybridized carbons (Fsp3) is 0.727. The Balaban J connectivity index is 2.34. The lowest BCUT2D eigenvalue weighted by molar-refractivity contribution is -0.134. The van der Waals surface area contributed by atoms with E-state index >= 15 is 0 Å². The highest BCUT2D eigenvalue weighted by Crippen LogP contribution is 2.05. The molecule has 86 valence electrons. The first-order chi connectivity index (χ1) is 7.27. The third-order valence-corrected chi connectivity index (χ3v) is 2.49. The van der Waals surface area contributed by atoms with Gasteiger partial charge in [0, 0.05) is 26.2 Å². The summed E-state index contributed by atoms with van der Waals surface area (Å²) in [6, 6.07) is 0. The predicted molar refractivity (Wildman–Crippen MR) is 59.7 cm³/mol. The zero-order chi connectivity index (χ0) is 11.1. The molecule has 1 atom stereocenters. The molecule has 1 aliphatic heterocycles. The predicted octanol–water partition coefficient (Wildman–Crippen LogP) is 0.399. The lowest BCUT2D eigenvalue weighted by Gasteiger charge is -2.26. The highest BCUT2D eigenvalue weighted by Gasteiger charge is 2.19. The number of ether oxygens (including phenoxy) is 1. The van der Waals surface area contributed by atoms with Crippen molar-refractivity contribution in [1.29, 1.82) is 0 Å². The van der Waals surface area contributed by atoms with Crippen LogP contribution in [0.15, 0.2) is 12.7 Å². The van der Waals surface area contributed by atoms with Gasteiger partial charge in [0.05, 0.1) is 19.1 Å². The first-order valence-corrected chi connectivity index (χ1v) is 5.49. The smallest absolute Gasteiger partial charge is 0.225 e. The van der Waals surface area contributed by atoms with Gasteiger partial charge in [-0.2, -0.15) is 0 Å². The summed E-state index contributed by atoms with van der Waals surface area (Å²) in [4.78, 5) is 13.6. The second kappa shape index (κ2) is 6.58. The molecule has 1 saturated heterocycles. The number of amides is 1. The number of hydrogen-bond donors (Lipinski definition) is 1. The third-order valence-electron chi connectivity index (χ3n) is 2.49. The number of carbonyl (C=O) groups is 1. The minimum Gasteiger partial charge on any atom is -0.375 e. The molecule has 0 aromatic carbocycles. The maximum absolute atomic E-state index is 11.8. The van der Waals surface area contributed by atoms with Crippen LogP contribution < -0.4 is 5.32 Å². The van der Waals surface area contributed by atoms with E-state index in [1.165, 1.54) is 0 Å². The highest BCUT2D eigenvalue weighted by molar-refractivity contribution is 5.76. The molecule has 1 rings (SSSR count). The molecule has 1 fully saturated rings. The van der Waals surface area contributed by atoms with Crippen LogP contribution >= 0.6 is 0 Å². The van der Waals surface area contributed by atoms with Gasteiger partial charge in [-0.1, -0.05) is 6.08 Å². The molecule has 1 unspecified atom stereocenters. The van der Waals surface area contributed by atoms with Crippen LogP contribution in [0.4, 0.5) is 0 Å². The SMILES string of the molecule is C=CCN(CC)C(=O)CC1CNCCO1. The van der Waals surface area contributed by atoms with Gasteiger partial charge in [-0.3, -0.25) is 4.79 Å². The van der Waals surface area contributed by atoms with Crippen molar-refractivity contribution in [2.24, 2.45) is 0 Å². The standard InChI is InChI=1S/C11H20N2O2/c1-3-6-13(4-2)11(14)8-10-9-12-5-7-15-10/h3,10,12H,1,4-9H2,2H3. The van der Waals surface area contributed by atoms with Crippen molar-refractivity contribution >= 4 is 5.91 Å². The fourth-order valence-electron chi connectivity index (χ4n) is 1.64. The Hall–Kier alpha value is -0.870. The van der Waals surface area contributed by atoms with Gasteiger partial charge in [-0.05, 0) is 6.92 Å². The third kappa shape index (κ3) is 4.01. The molecule has 1 amide bonds. The van der Waals surface area contributed by atoms with Crippen LogP contribution in [0.1, 0.15) is 13.3 Å². The van der Waals surface area contributed by atoms with Gasteiger partial charge in [0.15, 0.2) is 0 Å². The van der Waals surface area contributed by atoms with Gasteiger partial charge >= 0.3 is 0 Å². The number of nitrogens with zero attached hydrogens (tertiary/aromatic N) is 1. The molecule has 4 nitrogen and oxygen atoms in total. The van der Waals surface area contributed by atoms with Crippen molar-refractivity contribution in [3.63, 3.8) is 0 Å². The van der Waals surface area contributed by atoms with Crippen LogP contribution in [0.25, 0.3) is 0 Å². The zero-order valence-electron chi connectivity index (χ0n) is 9.37. The number of nitrogens with one attached hydrogen (secondary N) is 1. The van der Waals surface area contributed by atoms with Crippen molar-refractivity contribution in [2.75, 3.05) is 32.8 Å². The summed E-state index contributed by atoms with van der Waals surface area (Å²) >= 11 is 0. The molecule has 1 N–H and O–H groups in total. The number of likely N-dealkylation sites (N-methyl/N-ethyl adjacent to an activating group) is 1. The molecule has 0 bridgehead atoms. The molecule has 0 aromatic heterocycles. The Kier molecular flexibility index (Phi) is 5.36. The molecule has 0 radical (unpaired) electrons. The van der Waals surface area contributed by atoms with Crippen molar-refractivity contribution in [2.45, 2.75) is 19.4 Å². The summed E-state index contributed by atoms with van der Waals surface area (Å²) in [5.41, 5.74) is 0. The van der Waals surface area contributed by atoms with Crippen molar-refractivity contribution < 1.29 is 9.53 Å². The van der Waals surface area contributed by atoms with E-state index in [4.69, 9.17) is 4.74 Å². The Bertz CT molecular complexity index is 213. The maximum atomic E-state index is 11.8. The zero-order valence-corrected chi connectivity index (χ0v) is 9.37. The normalized spacial score (nSPS) is 21.0. The van der Waals surface area contributed by atoms with E-state index in [1.807, 2.05) is 6.92 Å². The number of rotatable bonds is 5. The molecule has 0 spiro atoms. The quantitative estimate of drug-likeness (QED) is 0.671. The number of carbonyl (C=O) groups excluding carboxylic acids is 1. The first-order valence-electron chi connectivity index (χ1n) is 5.49. The van der Waals surface area contributed by atoms with Gasteiger partial charge in [-0.15, -0.1) is 6.58 Å². The molecule has 0 aromatic rings. The highest BCUT2D eigenvalue weighted by atomic mass is 16.5. The summed E-state index contributed by atoms with van der Waals surface area (Å²) < 4.78 is 5.49. The van der Waals surface area contributed by atoms with Crippen molar-refractivity contribution in [3.05, 3.63) is 12.7 Å². The Morgan fingerprint density at radius 3 is 3.07 bits per heavy atom. The van der Waals surface area contributed by atoms with Crippen LogP contribution in [-0.4, -0.2) is 49.7 Å². The van der Waals surface area contributed by atoms with E-state index in [2.05, 4.69) is 11.9 Å². The topological polar surface area (TPSA) is 41.6 Å². The van der Waals surface area contributed by atoms with Crippen LogP contribution in [0, 0.1) is 0 Å². The molecular formula is C11H20N2O2. The Morgan fingerprint density at radius 2 is 2.53 bits per heavy atom.